The number of aryl methyl sites for hydroxylation is 1. The van der Waals surface area contributed by atoms with Crippen LogP contribution in [0.5, 0.6) is 5.75 Å². The topological polar surface area (TPSA) is 32.3 Å². The molecule has 0 radical (unpaired) electrons. The van der Waals surface area contributed by atoms with E-state index < -0.39 is 11.2 Å². The van der Waals surface area contributed by atoms with Crippen molar-refractivity contribution in [3.05, 3.63) is 59.1 Å². The molecule has 0 fully saturated rings. The molecule has 1 unspecified atom stereocenters. The fraction of sp³-hybridized carbons (Fsp3) is 0.143. The Morgan fingerprint density at radius 3 is 2.56 bits per heavy atom. The Morgan fingerprint density at radius 1 is 1.17 bits per heavy atom. The van der Waals surface area contributed by atoms with E-state index in [1.165, 1.54) is 0 Å². The highest BCUT2D eigenvalue weighted by atomic mass is 35.5. The molecule has 0 saturated heterocycles. The zero-order valence-corrected chi connectivity index (χ0v) is 11.5. The minimum absolute atomic E-state index is 0.144. The Kier molecular flexibility index (Phi) is 4.53. The van der Waals surface area contributed by atoms with Gasteiger partial charge in [-0.1, -0.05) is 29.8 Å². The zero-order valence-electron chi connectivity index (χ0n) is 9.93. The van der Waals surface area contributed by atoms with E-state index in [9.17, 15) is 4.55 Å². The number of hydrogen-bond acceptors (Lipinski definition) is 2. The third kappa shape index (κ3) is 3.42. The van der Waals surface area contributed by atoms with Crippen molar-refractivity contribution in [2.75, 3.05) is 5.94 Å². The van der Waals surface area contributed by atoms with Crippen molar-refractivity contribution in [3.63, 3.8) is 0 Å². The first-order chi connectivity index (χ1) is 8.66. The summed E-state index contributed by atoms with van der Waals surface area (Å²) in [7, 11) is 0. The molecule has 18 heavy (non-hydrogen) atoms. The SMILES string of the molecule is Cc1cc(OC[S+]([O-])c2ccccc2)ccc1Cl. The van der Waals surface area contributed by atoms with Gasteiger partial charge in [-0.2, -0.15) is 0 Å². The van der Waals surface area contributed by atoms with Crippen molar-refractivity contribution < 1.29 is 9.29 Å². The maximum Gasteiger partial charge on any atom is 0.250 e. The molecule has 0 amide bonds. The van der Waals surface area contributed by atoms with E-state index >= 15 is 0 Å². The van der Waals surface area contributed by atoms with Crippen LogP contribution in [0, 0.1) is 6.92 Å². The Bertz CT molecular complexity index is 516. The average molecular weight is 281 g/mol. The molecule has 0 spiro atoms. The molecular weight excluding hydrogens is 268 g/mol. The van der Waals surface area contributed by atoms with Crippen molar-refractivity contribution in [1.82, 2.24) is 0 Å². The highest BCUT2D eigenvalue weighted by Gasteiger charge is 2.10. The van der Waals surface area contributed by atoms with Crippen LogP contribution in [-0.2, 0) is 11.2 Å². The van der Waals surface area contributed by atoms with Gasteiger partial charge in [-0.25, -0.2) is 0 Å². The van der Waals surface area contributed by atoms with Crippen molar-refractivity contribution >= 4 is 22.8 Å². The molecule has 0 aliphatic carbocycles. The molecule has 1 atom stereocenters. The van der Waals surface area contributed by atoms with Crippen LogP contribution in [0.1, 0.15) is 5.56 Å². The molecule has 0 aromatic heterocycles. The van der Waals surface area contributed by atoms with Gasteiger partial charge >= 0.3 is 0 Å². The first-order valence-electron chi connectivity index (χ1n) is 5.49. The lowest BCUT2D eigenvalue weighted by molar-refractivity contribution is 0.376. The van der Waals surface area contributed by atoms with Crippen LogP contribution in [0.25, 0.3) is 0 Å². The molecule has 0 saturated carbocycles. The first kappa shape index (κ1) is 13.3. The maximum atomic E-state index is 11.9. The molecule has 94 valence electrons. The lowest BCUT2D eigenvalue weighted by Gasteiger charge is -2.12. The molecule has 2 aromatic rings. The van der Waals surface area contributed by atoms with E-state index in [2.05, 4.69) is 0 Å². The smallest absolute Gasteiger partial charge is 0.250 e. The molecular formula is C14H13ClO2S. The van der Waals surface area contributed by atoms with Gasteiger partial charge in [-0.15, -0.1) is 0 Å². The summed E-state index contributed by atoms with van der Waals surface area (Å²) in [6.07, 6.45) is 0. The Morgan fingerprint density at radius 2 is 1.89 bits per heavy atom. The molecule has 0 bridgehead atoms. The highest BCUT2D eigenvalue weighted by molar-refractivity contribution is 7.91. The van der Waals surface area contributed by atoms with E-state index in [0.29, 0.717) is 10.8 Å². The molecule has 4 heteroatoms. The maximum absolute atomic E-state index is 11.9. The van der Waals surface area contributed by atoms with Gasteiger partial charge in [0.2, 0.25) is 5.94 Å². The standard InChI is InChI=1S/C14H13ClO2S/c1-11-9-12(7-8-14(11)15)17-10-18(16)13-5-3-2-4-6-13/h2-9H,10H2,1H3. The van der Waals surface area contributed by atoms with E-state index in [-0.39, 0.29) is 5.94 Å². The fourth-order valence-electron chi connectivity index (χ4n) is 1.47. The van der Waals surface area contributed by atoms with Gasteiger partial charge in [-0.3, -0.25) is 0 Å². The number of ether oxygens (including phenoxy) is 1. The van der Waals surface area contributed by atoms with Crippen LogP contribution in [0.3, 0.4) is 0 Å². The predicted octanol–water partition coefficient (Wildman–Crippen LogP) is 3.79. The van der Waals surface area contributed by atoms with Gasteiger partial charge in [-0.05, 0) is 42.8 Å². The molecule has 0 aliphatic heterocycles. The lowest BCUT2D eigenvalue weighted by Crippen LogP contribution is -2.12. The number of rotatable bonds is 4. The summed E-state index contributed by atoms with van der Waals surface area (Å²) in [4.78, 5) is 0.767. The van der Waals surface area contributed by atoms with Crippen LogP contribution in [0.4, 0.5) is 0 Å². The third-order valence-electron chi connectivity index (χ3n) is 2.47. The highest BCUT2D eigenvalue weighted by Crippen LogP contribution is 2.22. The molecule has 0 heterocycles. The molecule has 0 aliphatic rings. The largest absolute Gasteiger partial charge is 0.609 e. The summed E-state index contributed by atoms with van der Waals surface area (Å²) < 4.78 is 17.4. The summed E-state index contributed by atoms with van der Waals surface area (Å²) in [6, 6.07) is 14.7. The van der Waals surface area contributed by atoms with Gasteiger partial charge < -0.3 is 9.29 Å². The Hall–Kier alpha value is -1.16. The van der Waals surface area contributed by atoms with Crippen LogP contribution < -0.4 is 4.74 Å². The summed E-state index contributed by atoms with van der Waals surface area (Å²) in [5.74, 6) is 0.826. The van der Waals surface area contributed by atoms with Crippen molar-refractivity contribution in [1.29, 1.82) is 0 Å². The second-order valence-corrected chi connectivity index (χ2v) is 5.64. The summed E-state index contributed by atoms with van der Waals surface area (Å²) >= 11 is 4.77. The minimum Gasteiger partial charge on any atom is -0.609 e. The molecule has 2 rings (SSSR count). The predicted molar refractivity (Wildman–Crippen MR) is 74.5 cm³/mol. The summed E-state index contributed by atoms with van der Waals surface area (Å²) in [5, 5.41) is 0.700. The quantitative estimate of drug-likeness (QED) is 0.798. The molecule has 0 N–H and O–H groups in total. The van der Waals surface area contributed by atoms with Gasteiger partial charge in [0, 0.05) is 16.2 Å². The number of benzene rings is 2. The van der Waals surface area contributed by atoms with E-state index in [4.69, 9.17) is 16.3 Å². The van der Waals surface area contributed by atoms with Crippen LogP contribution in [-0.4, -0.2) is 10.5 Å². The van der Waals surface area contributed by atoms with E-state index in [1.54, 1.807) is 12.1 Å². The van der Waals surface area contributed by atoms with Gasteiger partial charge in [0.05, 0.1) is 0 Å². The van der Waals surface area contributed by atoms with Crippen molar-refractivity contribution in [3.8, 4) is 5.75 Å². The first-order valence-corrected chi connectivity index (χ1v) is 7.19. The number of halogens is 1. The van der Waals surface area contributed by atoms with Crippen LogP contribution in [0.15, 0.2) is 53.4 Å². The van der Waals surface area contributed by atoms with Crippen LogP contribution >= 0.6 is 11.6 Å². The fourth-order valence-corrected chi connectivity index (χ4v) is 2.43. The second kappa shape index (κ2) is 6.14. The monoisotopic (exact) mass is 280 g/mol. The minimum atomic E-state index is -1.15. The van der Waals surface area contributed by atoms with Crippen molar-refractivity contribution in [2.45, 2.75) is 11.8 Å². The van der Waals surface area contributed by atoms with Gasteiger partial charge in [0.1, 0.15) is 5.75 Å². The van der Waals surface area contributed by atoms with Crippen molar-refractivity contribution in [2.24, 2.45) is 0 Å². The molecule has 2 nitrogen and oxygen atoms in total. The van der Waals surface area contributed by atoms with E-state index in [1.807, 2.05) is 43.3 Å². The van der Waals surface area contributed by atoms with Gasteiger partial charge in [0.25, 0.3) is 0 Å². The van der Waals surface area contributed by atoms with Crippen LogP contribution in [0.2, 0.25) is 5.02 Å². The number of hydrogen-bond donors (Lipinski definition) is 0. The Balaban J connectivity index is 1.97. The lowest BCUT2D eigenvalue weighted by atomic mass is 10.2. The normalized spacial score (nSPS) is 12.2. The summed E-state index contributed by atoms with van der Waals surface area (Å²) in [5.41, 5.74) is 0.944. The van der Waals surface area contributed by atoms with Gasteiger partial charge in [0.15, 0.2) is 4.90 Å². The summed E-state index contributed by atoms with van der Waals surface area (Å²) in [6.45, 7) is 1.91. The third-order valence-corrected chi connectivity index (χ3v) is 4.02. The van der Waals surface area contributed by atoms with E-state index in [0.717, 1.165) is 10.5 Å². The molecule has 2 aromatic carbocycles. The second-order valence-electron chi connectivity index (χ2n) is 3.83. The Labute approximate surface area is 115 Å². The average Bonchev–Trinajstić information content (AvgIpc) is 2.41. The zero-order chi connectivity index (χ0) is 13.0.